The van der Waals surface area contributed by atoms with E-state index in [4.69, 9.17) is 33.2 Å². The van der Waals surface area contributed by atoms with Crippen molar-refractivity contribution < 1.29 is 83.6 Å². The van der Waals surface area contributed by atoms with Crippen LogP contribution in [0.5, 0.6) is 5.75 Å². The van der Waals surface area contributed by atoms with Gasteiger partial charge in [0.2, 0.25) is 6.29 Å². The van der Waals surface area contributed by atoms with Crippen molar-refractivity contribution in [1.82, 2.24) is 0 Å². The van der Waals surface area contributed by atoms with E-state index >= 15 is 0 Å². The van der Waals surface area contributed by atoms with Crippen LogP contribution in [-0.2, 0) is 49.2 Å². The summed E-state index contributed by atoms with van der Waals surface area (Å²) < 4.78 is 38.0. The van der Waals surface area contributed by atoms with Crippen molar-refractivity contribution in [3.8, 4) is 5.75 Å². The first kappa shape index (κ1) is 37.6. The number of benzene rings is 1. The number of hydrogen-bond donors (Lipinski definition) is 8. The van der Waals surface area contributed by atoms with Gasteiger partial charge in [-0.3, -0.25) is 4.79 Å². The van der Waals surface area contributed by atoms with Crippen molar-refractivity contribution in [2.24, 2.45) is 5.92 Å². The van der Waals surface area contributed by atoms with Gasteiger partial charge in [0.25, 0.3) is 0 Å². The summed E-state index contributed by atoms with van der Waals surface area (Å²) in [4.78, 5) is 25.7. The predicted molar refractivity (Wildman–Crippen MR) is 157 cm³/mol. The summed E-state index contributed by atoms with van der Waals surface area (Å²) in [5, 5.41) is 80.8. The van der Waals surface area contributed by atoms with Crippen LogP contribution in [0.4, 0.5) is 0 Å². The van der Waals surface area contributed by atoms with Crippen molar-refractivity contribution in [3.63, 3.8) is 0 Å². The van der Waals surface area contributed by atoms with E-state index in [-0.39, 0.29) is 23.5 Å². The van der Waals surface area contributed by atoms with Gasteiger partial charge in [-0.05, 0) is 31.0 Å². The van der Waals surface area contributed by atoms with E-state index in [0.29, 0.717) is 6.42 Å². The number of esters is 2. The van der Waals surface area contributed by atoms with Gasteiger partial charge >= 0.3 is 11.9 Å². The predicted octanol–water partition coefficient (Wildman–Crippen LogP) is -2.52. The Hall–Kier alpha value is -3.20. The zero-order valence-electron chi connectivity index (χ0n) is 26.2. The molecule has 48 heavy (non-hydrogen) atoms. The second-order valence-corrected chi connectivity index (χ2v) is 11.4. The molecule has 1 aromatic rings. The molecule has 17 nitrogen and oxygen atoms in total. The van der Waals surface area contributed by atoms with Crippen molar-refractivity contribution in [1.29, 1.82) is 0 Å². The molecule has 17 heteroatoms. The summed E-state index contributed by atoms with van der Waals surface area (Å²) in [6, 6.07) is 6.37. The molecule has 0 amide bonds. The third-order valence-corrected chi connectivity index (χ3v) is 8.29. The highest BCUT2D eigenvalue weighted by Crippen LogP contribution is 2.36. The number of allylic oxidation sites excluding steroid dienone is 1. The minimum absolute atomic E-state index is 0.0483. The highest BCUT2D eigenvalue weighted by atomic mass is 16.8. The molecule has 0 aliphatic carbocycles. The lowest BCUT2D eigenvalue weighted by molar-refractivity contribution is -0.327. The minimum Gasteiger partial charge on any atom is -0.508 e. The second kappa shape index (κ2) is 17.0. The van der Waals surface area contributed by atoms with Crippen molar-refractivity contribution in [2.75, 3.05) is 26.9 Å². The SMILES string of the molecule is C/C=C1\[C@@H](O[C@H]2O[C@@H](CO)[C@H](O)[C@@H](O)[C@@H]2O)OC=C(C(=O)OC)[C@@H]1CC(=O)OC[C@@H]1O[C@H](OCCc2ccc(O)cc2)[C@H](O)[C@H](O)[C@@H]1O. The third-order valence-electron chi connectivity index (χ3n) is 8.29. The van der Waals surface area contributed by atoms with E-state index in [1.807, 2.05) is 0 Å². The fourth-order valence-corrected chi connectivity index (χ4v) is 5.47. The Morgan fingerprint density at radius 2 is 1.50 bits per heavy atom. The zero-order valence-corrected chi connectivity index (χ0v) is 26.2. The Labute approximate surface area is 275 Å². The van der Waals surface area contributed by atoms with Crippen LogP contribution in [0.15, 0.2) is 47.7 Å². The van der Waals surface area contributed by atoms with Crippen LogP contribution in [0.25, 0.3) is 0 Å². The molecule has 1 aromatic carbocycles. The Morgan fingerprint density at radius 1 is 0.875 bits per heavy atom. The number of aliphatic hydroxyl groups is 7. The van der Waals surface area contributed by atoms with Crippen molar-refractivity contribution in [2.45, 2.75) is 87.5 Å². The van der Waals surface area contributed by atoms with E-state index < -0.39 is 105 Å². The average molecular weight is 687 g/mol. The zero-order chi connectivity index (χ0) is 35.1. The van der Waals surface area contributed by atoms with Gasteiger partial charge in [-0.1, -0.05) is 18.2 Å². The molecule has 3 heterocycles. The molecule has 3 aliphatic rings. The van der Waals surface area contributed by atoms with Gasteiger partial charge in [-0.25, -0.2) is 4.79 Å². The summed E-state index contributed by atoms with van der Waals surface area (Å²) in [6.07, 6.45) is -14.6. The van der Waals surface area contributed by atoms with E-state index in [2.05, 4.69) is 0 Å². The maximum absolute atomic E-state index is 13.1. The molecular weight excluding hydrogens is 644 g/mol. The lowest BCUT2D eigenvalue weighted by Crippen LogP contribution is -2.60. The number of carbonyl (C=O) groups excluding carboxylic acids is 2. The van der Waals surface area contributed by atoms with Gasteiger partial charge in [0.1, 0.15) is 61.2 Å². The monoisotopic (exact) mass is 686 g/mol. The van der Waals surface area contributed by atoms with Crippen LogP contribution in [0, 0.1) is 5.92 Å². The molecule has 4 rings (SSSR count). The molecular formula is C31H42O17. The van der Waals surface area contributed by atoms with Crippen LogP contribution in [0.1, 0.15) is 18.9 Å². The first-order valence-electron chi connectivity index (χ1n) is 15.2. The fraction of sp³-hybridized carbons (Fsp3) is 0.613. The van der Waals surface area contributed by atoms with Crippen molar-refractivity contribution >= 4 is 11.9 Å². The molecule has 2 fully saturated rings. The van der Waals surface area contributed by atoms with Crippen molar-refractivity contribution in [3.05, 3.63) is 53.3 Å². The fourth-order valence-electron chi connectivity index (χ4n) is 5.47. The second-order valence-electron chi connectivity index (χ2n) is 11.4. The number of aromatic hydroxyl groups is 1. The van der Waals surface area contributed by atoms with Crippen LogP contribution in [0.3, 0.4) is 0 Å². The molecule has 0 unspecified atom stereocenters. The Bertz CT molecular complexity index is 1280. The third kappa shape index (κ3) is 8.68. The van der Waals surface area contributed by atoms with E-state index in [1.54, 1.807) is 19.1 Å². The molecule has 2 saturated heterocycles. The van der Waals surface area contributed by atoms with Crippen LogP contribution < -0.4 is 0 Å². The number of rotatable bonds is 12. The number of phenolic OH excluding ortho intramolecular Hbond substituents is 1. The van der Waals surface area contributed by atoms with Gasteiger partial charge in [0, 0.05) is 11.5 Å². The number of aliphatic hydroxyl groups excluding tert-OH is 7. The van der Waals surface area contributed by atoms with E-state index in [1.165, 1.54) is 18.2 Å². The number of carbonyl (C=O) groups is 2. The number of ether oxygens (including phenoxy) is 7. The first-order chi connectivity index (χ1) is 22.9. The summed E-state index contributed by atoms with van der Waals surface area (Å²) in [5.41, 5.74) is 0.922. The highest BCUT2D eigenvalue weighted by molar-refractivity contribution is 5.90. The highest BCUT2D eigenvalue weighted by Gasteiger charge is 2.48. The molecule has 268 valence electrons. The molecule has 8 N–H and O–H groups in total. The normalized spacial score (nSPS) is 36.2. The summed E-state index contributed by atoms with van der Waals surface area (Å²) in [5.74, 6) is -2.69. The molecule has 12 atom stereocenters. The average Bonchev–Trinajstić information content (AvgIpc) is 3.08. The van der Waals surface area contributed by atoms with Gasteiger partial charge in [0.15, 0.2) is 12.6 Å². The Morgan fingerprint density at radius 3 is 2.12 bits per heavy atom. The topological polar surface area (TPSA) is 261 Å². The largest absolute Gasteiger partial charge is 0.508 e. The maximum Gasteiger partial charge on any atom is 0.337 e. The van der Waals surface area contributed by atoms with Crippen LogP contribution in [0.2, 0.25) is 0 Å². The number of methoxy groups -OCH3 is 1. The minimum atomic E-state index is -1.75. The summed E-state index contributed by atoms with van der Waals surface area (Å²) >= 11 is 0. The maximum atomic E-state index is 13.1. The van der Waals surface area contributed by atoms with Crippen LogP contribution >= 0.6 is 0 Å². The quantitative estimate of drug-likeness (QED) is 0.0834. The molecule has 0 saturated carbocycles. The van der Waals surface area contributed by atoms with Gasteiger partial charge in [0.05, 0.1) is 38.6 Å². The van der Waals surface area contributed by atoms with Crippen LogP contribution in [-0.4, -0.2) is 147 Å². The molecule has 0 spiro atoms. The summed E-state index contributed by atoms with van der Waals surface area (Å²) in [6.45, 7) is 0.335. The number of hydrogen-bond acceptors (Lipinski definition) is 17. The van der Waals surface area contributed by atoms with E-state index in [0.717, 1.165) is 18.9 Å². The molecule has 3 aliphatic heterocycles. The smallest absolute Gasteiger partial charge is 0.337 e. The van der Waals surface area contributed by atoms with E-state index in [9.17, 15) is 50.4 Å². The number of phenols is 1. The molecule has 0 aromatic heterocycles. The summed E-state index contributed by atoms with van der Waals surface area (Å²) in [7, 11) is 1.12. The van der Waals surface area contributed by atoms with Gasteiger partial charge in [-0.2, -0.15) is 0 Å². The lowest BCUT2D eigenvalue weighted by Gasteiger charge is -2.42. The molecule has 0 radical (unpaired) electrons. The Kier molecular flexibility index (Phi) is 13.3. The Balaban J connectivity index is 1.39. The van der Waals surface area contributed by atoms with Gasteiger partial charge < -0.3 is 74.0 Å². The first-order valence-corrected chi connectivity index (χ1v) is 15.2. The van der Waals surface area contributed by atoms with Gasteiger partial charge in [-0.15, -0.1) is 0 Å². The molecule has 0 bridgehead atoms. The lowest BCUT2D eigenvalue weighted by atomic mass is 9.86. The standard InChI is InChI=1S/C31H42O17/c1-3-16-17(18(28(41)42-2)12-45-29(16)48-31-27(40)24(37)22(35)19(11-32)46-31)10-21(34)44-13-20-23(36)25(38)26(39)30(47-20)43-9-8-14-4-6-15(33)7-5-14/h3-7,12,17,19-20,22-27,29-33,35-40H,8-11,13H2,1-2H3/b16-3-/t17-,19+,20+,22+,23-,24-,25-,26-,27+,29-,30+,31-/m1/s1.